The molecule has 88 valence electrons. The lowest BCUT2D eigenvalue weighted by Gasteiger charge is -2.16. The van der Waals surface area contributed by atoms with Gasteiger partial charge in [0.25, 0.3) is 5.91 Å². The number of rotatable bonds is 5. The highest BCUT2D eigenvalue weighted by molar-refractivity contribution is 9.10. The Morgan fingerprint density at radius 2 is 2.25 bits per heavy atom. The second kappa shape index (κ2) is 6.66. The Balaban J connectivity index is 2.56. The topological polar surface area (TPSA) is 29.5 Å². The number of hydrogen-bond donors (Lipinski definition) is 0. The summed E-state index contributed by atoms with van der Waals surface area (Å²) in [5.41, 5.74) is 0.703. The van der Waals surface area contributed by atoms with Gasteiger partial charge < -0.3 is 9.64 Å². The monoisotopic (exact) mass is 285 g/mol. The van der Waals surface area contributed by atoms with E-state index in [-0.39, 0.29) is 5.91 Å². The fourth-order valence-corrected chi connectivity index (χ4v) is 1.79. The van der Waals surface area contributed by atoms with Crippen molar-refractivity contribution in [3.63, 3.8) is 0 Å². The lowest BCUT2D eigenvalue weighted by Crippen LogP contribution is -2.28. The zero-order valence-corrected chi connectivity index (χ0v) is 11.2. The minimum absolute atomic E-state index is 0.0393. The predicted molar refractivity (Wildman–Crippen MR) is 67.6 cm³/mol. The average Bonchev–Trinajstić information content (AvgIpc) is 2.28. The van der Waals surface area contributed by atoms with E-state index in [1.165, 1.54) is 0 Å². The molecule has 0 unspecified atom stereocenters. The van der Waals surface area contributed by atoms with E-state index in [9.17, 15) is 4.79 Å². The van der Waals surface area contributed by atoms with Gasteiger partial charge in [-0.25, -0.2) is 0 Å². The third-order valence-corrected chi connectivity index (χ3v) is 2.75. The lowest BCUT2D eigenvalue weighted by atomic mass is 10.2. The standard InChI is InChI=1S/C12H16BrNO2/c1-14(7-4-8-16-2)12(15)10-5-3-6-11(13)9-10/h3,5-6,9H,4,7-8H2,1-2H3. The number of benzene rings is 1. The molecule has 1 rings (SSSR count). The average molecular weight is 286 g/mol. The van der Waals surface area contributed by atoms with Gasteiger partial charge in [-0.1, -0.05) is 22.0 Å². The minimum Gasteiger partial charge on any atom is -0.385 e. The predicted octanol–water partition coefficient (Wildman–Crippen LogP) is 2.56. The lowest BCUT2D eigenvalue weighted by molar-refractivity contribution is 0.0779. The summed E-state index contributed by atoms with van der Waals surface area (Å²) in [7, 11) is 3.47. The van der Waals surface area contributed by atoms with Gasteiger partial charge in [0.2, 0.25) is 0 Å². The third kappa shape index (κ3) is 3.94. The Hall–Kier alpha value is -0.870. The molecule has 3 nitrogen and oxygen atoms in total. The first-order valence-corrected chi connectivity index (χ1v) is 5.94. The number of ether oxygens (including phenoxy) is 1. The van der Waals surface area contributed by atoms with Crippen LogP contribution < -0.4 is 0 Å². The van der Waals surface area contributed by atoms with Crippen LogP contribution in [-0.4, -0.2) is 38.1 Å². The first-order valence-electron chi connectivity index (χ1n) is 5.15. The van der Waals surface area contributed by atoms with Gasteiger partial charge >= 0.3 is 0 Å². The molecule has 1 amide bonds. The third-order valence-electron chi connectivity index (χ3n) is 2.26. The van der Waals surface area contributed by atoms with E-state index in [1.807, 2.05) is 24.3 Å². The minimum atomic E-state index is 0.0393. The van der Waals surface area contributed by atoms with Gasteiger partial charge in [-0.2, -0.15) is 0 Å². The van der Waals surface area contributed by atoms with Crippen molar-refractivity contribution in [2.24, 2.45) is 0 Å². The molecule has 0 saturated carbocycles. The van der Waals surface area contributed by atoms with Gasteiger partial charge in [0.15, 0.2) is 0 Å². The van der Waals surface area contributed by atoms with Gasteiger partial charge in [-0.15, -0.1) is 0 Å². The van der Waals surface area contributed by atoms with E-state index in [1.54, 1.807) is 19.1 Å². The van der Waals surface area contributed by atoms with Gasteiger partial charge in [-0.3, -0.25) is 4.79 Å². The summed E-state index contributed by atoms with van der Waals surface area (Å²) in [6.45, 7) is 1.38. The van der Waals surface area contributed by atoms with Gasteiger partial charge in [0.05, 0.1) is 0 Å². The summed E-state index contributed by atoms with van der Waals surface area (Å²) < 4.78 is 5.87. The molecule has 0 aromatic heterocycles. The van der Waals surface area contributed by atoms with E-state index in [0.29, 0.717) is 18.7 Å². The van der Waals surface area contributed by atoms with Crippen LogP contribution in [0.25, 0.3) is 0 Å². The Kier molecular flexibility index (Phi) is 5.49. The van der Waals surface area contributed by atoms with E-state index < -0.39 is 0 Å². The molecule has 4 heteroatoms. The number of methoxy groups -OCH3 is 1. The maximum absolute atomic E-state index is 12.0. The molecule has 0 aliphatic rings. The summed E-state index contributed by atoms with van der Waals surface area (Å²) in [6, 6.07) is 7.41. The summed E-state index contributed by atoms with van der Waals surface area (Å²) in [5.74, 6) is 0.0393. The van der Waals surface area contributed by atoms with Crippen molar-refractivity contribution < 1.29 is 9.53 Å². The van der Waals surface area contributed by atoms with Crippen molar-refractivity contribution >= 4 is 21.8 Å². The number of halogens is 1. The van der Waals surface area contributed by atoms with Crippen molar-refractivity contribution in [1.29, 1.82) is 0 Å². The molecule has 0 heterocycles. The van der Waals surface area contributed by atoms with Crippen LogP contribution in [-0.2, 0) is 4.74 Å². The molecule has 0 spiro atoms. The Morgan fingerprint density at radius 3 is 2.88 bits per heavy atom. The number of hydrogen-bond acceptors (Lipinski definition) is 2. The number of nitrogens with zero attached hydrogens (tertiary/aromatic N) is 1. The maximum Gasteiger partial charge on any atom is 0.253 e. The highest BCUT2D eigenvalue weighted by Gasteiger charge is 2.10. The summed E-state index contributed by atoms with van der Waals surface area (Å²) >= 11 is 3.35. The molecule has 0 atom stereocenters. The molecular weight excluding hydrogens is 270 g/mol. The normalized spacial score (nSPS) is 10.2. The highest BCUT2D eigenvalue weighted by Crippen LogP contribution is 2.13. The van der Waals surface area contributed by atoms with Crippen molar-refractivity contribution in [2.75, 3.05) is 27.3 Å². The molecule has 0 aliphatic heterocycles. The SMILES string of the molecule is COCCCN(C)C(=O)c1cccc(Br)c1. The zero-order valence-electron chi connectivity index (χ0n) is 9.57. The number of amides is 1. The molecule has 0 bridgehead atoms. The van der Waals surface area contributed by atoms with Crippen LogP contribution in [0, 0.1) is 0 Å². The van der Waals surface area contributed by atoms with Crippen molar-refractivity contribution in [1.82, 2.24) is 4.90 Å². The van der Waals surface area contributed by atoms with Crippen LogP contribution in [0.5, 0.6) is 0 Å². The van der Waals surface area contributed by atoms with Crippen molar-refractivity contribution in [2.45, 2.75) is 6.42 Å². The van der Waals surface area contributed by atoms with Crippen LogP contribution in [0.2, 0.25) is 0 Å². The number of carbonyl (C=O) groups is 1. The van der Waals surface area contributed by atoms with Crippen LogP contribution in [0.4, 0.5) is 0 Å². The Labute approximate surface area is 105 Å². The molecule has 0 saturated heterocycles. The quantitative estimate of drug-likeness (QED) is 0.779. The van der Waals surface area contributed by atoms with Gasteiger partial charge in [0, 0.05) is 37.3 Å². The summed E-state index contributed by atoms with van der Waals surface area (Å²) in [4.78, 5) is 13.7. The maximum atomic E-state index is 12.0. The molecule has 0 N–H and O–H groups in total. The smallest absolute Gasteiger partial charge is 0.253 e. The van der Waals surface area contributed by atoms with Crippen LogP contribution in [0.3, 0.4) is 0 Å². The van der Waals surface area contributed by atoms with Crippen LogP contribution in [0.1, 0.15) is 16.8 Å². The van der Waals surface area contributed by atoms with Gasteiger partial charge in [0.1, 0.15) is 0 Å². The molecule has 1 aromatic rings. The Bertz CT molecular complexity index is 355. The molecule has 0 aliphatic carbocycles. The highest BCUT2D eigenvalue weighted by atomic mass is 79.9. The van der Waals surface area contributed by atoms with E-state index >= 15 is 0 Å². The Morgan fingerprint density at radius 1 is 1.50 bits per heavy atom. The summed E-state index contributed by atoms with van der Waals surface area (Å²) in [6.07, 6.45) is 0.854. The van der Waals surface area contributed by atoms with Crippen molar-refractivity contribution in [3.8, 4) is 0 Å². The first kappa shape index (κ1) is 13.2. The molecule has 1 aromatic carbocycles. The molecular formula is C12H16BrNO2. The second-order valence-corrected chi connectivity index (χ2v) is 4.50. The van der Waals surface area contributed by atoms with E-state index in [4.69, 9.17) is 4.74 Å². The fraction of sp³-hybridized carbons (Fsp3) is 0.417. The van der Waals surface area contributed by atoms with Crippen molar-refractivity contribution in [3.05, 3.63) is 34.3 Å². The van der Waals surface area contributed by atoms with Crippen LogP contribution in [0.15, 0.2) is 28.7 Å². The van der Waals surface area contributed by atoms with Gasteiger partial charge in [-0.05, 0) is 24.6 Å². The zero-order chi connectivity index (χ0) is 12.0. The second-order valence-electron chi connectivity index (χ2n) is 3.58. The van der Waals surface area contributed by atoms with E-state index in [0.717, 1.165) is 10.9 Å². The fourth-order valence-electron chi connectivity index (χ4n) is 1.39. The molecule has 16 heavy (non-hydrogen) atoms. The molecule has 0 radical (unpaired) electrons. The molecule has 0 fully saturated rings. The summed E-state index contributed by atoms with van der Waals surface area (Å²) in [5, 5.41) is 0. The number of carbonyl (C=O) groups excluding carboxylic acids is 1. The first-order chi connectivity index (χ1) is 7.65. The van der Waals surface area contributed by atoms with E-state index in [2.05, 4.69) is 15.9 Å². The largest absolute Gasteiger partial charge is 0.385 e. The van der Waals surface area contributed by atoms with Crippen LogP contribution >= 0.6 is 15.9 Å².